The number of cyclic esters (lactones) is 1. The van der Waals surface area contributed by atoms with Crippen LogP contribution in [0.5, 0.6) is 5.75 Å². The Morgan fingerprint density at radius 3 is 2.89 bits per heavy atom. The molecule has 3 aromatic rings. The molecule has 1 aliphatic rings. The fraction of sp³-hybridized carbons (Fsp3) is 0.143. The Balaban J connectivity index is 1.75. The maximum Gasteiger partial charge on any atom is 0.363 e. The van der Waals surface area contributed by atoms with Gasteiger partial charge >= 0.3 is 5.97 Å². The summed E-state index contributed by atoms with van der Waals surface area (Å²) in [6.45, 7) is 4.47. The summed E-state index contributed by atoms with van der Waals surface area (Å²) in [7, 11) is 0. The van der Waals surface area contributed by atoms with Crippen molar-refractivity contribution in [2.24, 2.45) is 4.99 Å². The number of ether oxygens (including phenoxy) is 2. The molecule has 0 fully saturated rings. The van der Waals surface area contributed by atoms with Crippen molar-refractivity contribution in [3.63, 3.8) is 0 Å². The van der Waals surface area contributed by atoms with Gasteiger partial charge in [0.1, 0.15) is 10.6 Å². The van der Waals surface area contributed by atoms with Crippen molar-refractivity contribution >= 4 is 51.0 Å². The number of hydrogen-bond acceptors (Lipinski definition) is 5. The fourth-order valence-corrected chi connectivity index (χ4v) is 4.39. The smallest absolute Gasteiger partial charge is 0.363 e. The summed E-state index contributed by atoms with van der Waals surface area (Å²) in [5.41, 5.74) is 2.14. The maximum atomic E-state index is 12.3. The van der Waals surface area contributed by atoms with Crippen molar-refractivity contribution in [2.45, 2.75) is 13.8 Å². The molecule has 4 nitrogen and oxygen atoms in total. The molecule has 136 valence electrons. The van der Waals surface area contributed by atoms with Crippen LogP contribution in [-0.4, -0.2) is 18.5 Å². The van der Waals surface area contributed by atoms with E-state index in [4.69, 9.17) is 21.1 Å². The minimum atomic E-state index is -0.499. The van der Waals surface area contributed by atoms with Crippen LogP contribution in [0.2, 0.25) is 5.02 Å². The average molecular weight is 398 g/mol. The van der Waals surface area contributed by atoms with Crippen LogP contribution >= 0.6 is 22.9 Å². The van der Waals surface area contributed by atoms with Crippen molar-refractivity contribution in [3.8, 4) is 5.75 Å². The van der Waals surface area contributed by atoms with Crippen LogP contribution in [0.3, 0.4) is 0 Å². The highest BCUT2D eigenvalue weighted by Crippen LogP contribution is 2.38. The summed E-state index contributed by atoms with van der Waals surface area (Å²) in [4.78, 5) is 17.4. The molecule has 27 heavy (non-hydrogen) atoms. The van der Waals surface area contributed by atoms with Gasteiger partial charge in [0.25, 0.3) is 0 Å². The van der Waals surface area contributed by atoms with Gasteiger partial charge in [-0.3, -0.25) is 0 Å². The van der Waals surface area contributed by atoms with Gasteiger partial charge in [-0.25, -0.2) is 9.79 Å². The standard InChI is InChI=1S/C21H16ClNO3S/c1-3-25-16-7-5-4-6-13(16)11-15-21(24)26-20(23-15)19-18(22)14-9-8-12(2)10-17(14)27-19/h4-11H,3H2,1-2H3/b15-11-. The number of para-hydroxylation sites is 1. The molecule has 6 heteroatoms. The first-order chi connectivity index (χ1) is 13.1. The fourth-order valence-electron chi connectivity index (χ4n) is 2.85. The molecule has 0 aliphatic carbocycles. The average Bonchev–Trinajstić information content (AvgIpc) is 3.17. The molecule has 0 saturated heterocycles. The SMILES string of the molecule is CCOc1ccccc1/C=C1\N=C(c2sc3cc(C)ccc3c2Cl)OC1=O. The first-order valence-corrected chi connectivity index (χ1v) is 9.69. The van der Waals surface area contributed by atoms with Crippen LogP contribution in [0.1, 0.15) is 22.9 Å². The monoisotopic (exact) mass is 397 g/mol. The van der Waals surface area contributed by atoms with Gasteiger partial charge in [-0.2, -0.15) is 0 Å². The second-order valence-electron chi connectivity index (χ2n) is 6.05. The first kappa shape index (κ1) is 17.8. The Morgan fingerprint density at radius 1 is 1.26 bits per heavy atom. The lowest BCUT2D eigenvalue weighted by Gasteiger charge is -2.06. The highest BCUT2D eigenvalue weighted by atomic mass is 35.5. The molecule has 0 unspecified atom stereocenters. The number of fused-ring (bicyclic) bond motifs is 1. The molecule has 0 N–H and O–H groups in total. The highest BCUT2D eigenvalue weighted by molar-refractivity contribution is 7.21. The molecule has 0 radical (unpaired) electrons. The van der Waals surface area contributed by atoms with E-state index < -0.39 is 5.97 Å². The summed E-state index contributed by atoms with van der Waals surface area (Å²) < 4.78 is 12.0. The highest BCUT2D eigenvalue weighted by Gasteiger charge is 2.28. The zero-order chi connectivity index (χ0) is 19.0. The normalized spacial score (nSPS) is 15.3. The van der Waals surface area contributed by atoms with E-state index >= 15 is 0 Å². The third-order valence-corrected chi connectivity index (χ3v) is 5.76. The maximum absolute atomic E-state index is 12.3. The van der Waals surface area contributed by atoms with Gasteiger partial charge in [0, 0.05) is 15.6 Å². The minimum absolute atomic E-state index is 0.224. The number of halogens is 1. The molecule has 0 bridgehead atoms. The summed E-state index contributed by atoms with van der Waals surface area (Å²) in [6.07, 6.45) is 1.67. The van der Waals surface area contributed by atoms with E-state index in [1.807, 2.05) is 50.2 Å². The molecule has 2 aromatic carbocycles. The summed E-state index contributed by atoms with van der Waals surface area (Å²) >= 11 is 7.98. The Labute approximate surface area is 165 Å². The van der Waals surface area contributed by atoms with Crippen molar-refractivity contribution in [2.75, 3.05) is 6.61 Å². The molecule has 0 atom stereocenters. The van der Waals surface area contributed by atoms with Crippen molar-refractivity contribution < 1.29 is 14.3 Å². The summed E-state index contributed by atoms with van der Waals surface area (Å²) in [5, 5.41) is 1.48. The lowest BCUT2D eigenvalue weighted by Crippen LogP contribution is -2.04. The number of hydrogen-bond donors (Lipinski definition) is 0. The van der Waals surface area contributed by atoms with E-state index in [1.165, 1.54) is 11.3 Å². The molecular formula is C21H16ClNO3S. The van der Waals surface area contributed by atoms with E-state index in [0.29, 0.717) is 22.3 Å². The minimum Gasteiger partial charge on any atom is -0.493 e. The van der Waals surface area contributed by atoms with Crippen molar-refractivity contribution in [1.82, 2.24) is 0 Å². The molecule has 0 spiro atoms. The predicted octanol–water partition coefficient (Wildman–Crippen LogP) is 5.61. The second kappa shape index (κ2) is 7.18. The van der Waals surface area contributed by atoms with E-state index in [9.17, 15) is 4.79 Å². The van der Waals surface area contributed by atoms with Crippen LogP contribution in [-0.2, 0) is 9.53 Å². The predicted molar refractivity (Wildman–Crippen MR) is 110 cm³/mol. The van der Waals surface area contributed by atoms with Crippen LogP contribution in [0.4, 0.5) is 0 Å². The van der Waals surface area contributed by atoms with Crippen molar-refractivity contribution in [1.29, 1.82) is 0 Å². The van der Waals surface area contributed by atoms with Crippen molar-refractivity contribution in [3.05, 3.63) is 69.2 Å². The molecule has 0 saturated carbocycles. The third-order valence-electron chi connectivity index (χ3n) is 4.11. The van der Waals surface area contributed by atoms with E-state index in [0.717, 1.165) is 21.2 Å². The molecule has 1 aromatic heterocycles. The number of rotatable bonds is 4. The topological polar surface area (TPSA) is 47.9 Å². The zero-order valence-corrected chi connectivity index (χ0v) is 16.4. The number of thiophene rings is 1. The van der Waals surface area contributed by atoms with Crippen LogP contribution < -0.4 is 4.74 Å². The number of esters is 1. The molecule has 4 rings (SSSR count). The molecule has 2 heterocycles. The van der Waals surface area contributed by atoms with E-state index in [-0.39, 0.29) is 11.6 Å². The van der Waals surface area contributed by atoms with Crippen LogP contribution in [0, 0.1) is 6.92 Å². The molecular weight excluding hydrogens is 382 g/mol. The van der Waals surface area contributed by atoms with Gasteiger partial charge in [-0.15, -0.1) is 11.3 Å². The molecule has 1 aliphatic heterocycles. The molecule has 0 amide bonds. The van der Waals surface area contributed by atoms with Gasteiger partial charge in [-0.1, -0.05) is 41.9 Å². The lowest BCUT2D eigenvalue weighted by molar-refractivity contribution is -0.129. The number of aryl methyl sites for hydroxylation is 1. The number of carbonyl (C=O) groups is 1. The number of nitrogens with zero attached hydrogens (tertiary/aromatic N) is 1. The van der Waals surface area contributed by atoms with Gasteiger partial charge in [-0.05, 0) is 37.6 Å². The summed E-state index contributed by atoms with van der Waals surface area (Å²) in [5.74, 6) is 0.435. The Kier molecular flexibility index (Phi) is 4.72. The Hall–Kier alpha value is -2.63. The zero-order valence-electron chi connectivity index (χ0n) is 14.8. The lowest BCUT2D eigenvalue weighted by atomic mass is 10.1. The Bertz CT molecular complexity index is 1110. The largest absolute Gasteiger partial charge is 0.493 e. The summed E-state index contributed by atoms with van der Waals surface area (Å²) in [6, 6.07) is 13.5. The van der Waals surface area contributed by atoms with E-state index in [2.05, 4.69) is 11.1 Å². The quantitative estimate of drug-likeness (QED) is 0.425. The van der Waals surface area contributed by atoms with E-state index in [1.54, 1.807) is 6.08 Å². The number of aliphatic imine (C=N–C) groups is 1. The first-order valence-electron chi connectivity index (χ1n) is 8.50. The third kappa shape index (κ3) is 3.36. The van der Waals surface area contributed by atoms with Crippen LogP contribution in [0.15, 0.2) is 53.2 Å². The van der Waals surface area contributed by atoms with Gasteiger partial charge < -0.3 is 9.47 Å². The van der Waals surface area contributed by atoms with Crippen LogP contribution in [0.25, 0.3) is 16.2 Å². The van der Waals surface area contributed by atoms with Gasteiger partial charge in [0.05, 0.1) is 11.6 Å². The van der Waals surface area contributed by atoms with Gasteiger partial charge in [0.15, 0.2) is 5.70 Å². The number of carbonyl (C=O) groups excluding carboxylic acids is 1. The Morgan fingerprint density at radius 2 is 2.07 bits per heavy atom. The number of benzene rings is 2. The van der Waals surface area contributed by atoms with Gasteiger partial charge in [0.2, 0.25) is 5.90 Å². The second-order valence-corrected chi connectivity index (χ2v) is 7.48.